The van der Waals surface area contributed by atoms with Crippen LogP contribution < -0.4 is 10.1 Å². The van der Waals surface area contributed by atoms with Crippen molar-refractivity contribution in [1.82, 2.24) is 0 Å². The fourth-order valence-electron chi connectivity index (χ4n) is 2.35. The lowest BCUT2D eigenvalue weighted by atomic mass is 10.0. The number of carbonyl (C=O) groups excluding carboxylic acids is 2. The van der Waals surface area contributed by atoms with Crippen molar-refractivity contribution in [3.05, 3.63) is 59.2 Å². The van der Waals surface area contributed by atoms with Crippen molar-refractivity contribution in [2.45, 2.75) is 26.7 Å². The summed E-state index contributed by atoms with van der Waals surface area (Å²) in [6, 6.07) is 13.0. The van der Waals surface area contributed by atoms with Crippen LogP contribution in [0.4, 0.5) is 5.69 Å². The van der Waals surface area contributed by atoms with Crippen LogP contribution in [0.1, 0.15) is 34.3 Å². The van der Waals surface area contributed by atoms with E-state index in [1.54, 1.807) is 12.1 Å². The van der Waals surface area contributed by atoms with Crippen molar-refractivity contribution in [1.29, 1.82) is 0 Å². The van der Waals surface area contributed by atoms with E-state index in [1.807, 2.05) is 44.2 Å². The van der Waals surface area contributed by atoms with Crippen LogP contribution in [0.3, 0.4) is 0 Å². The average molecular weight is 311 g/mol. The van der Waals surface area contributed by atoms with Gasteiger partial charge in [0.2, 0.25) is 5.91 Å². The largest absolute Gasteiger partial charge is 0.496 e. The van der Waals surface area contributed by atoms with Gasteiger partial charge in [0.05, 0.1) is 12.7 Å². The molecule has 2 aromatic carbocycles. The van der Waals surface area contributed by atoms with Crippen LogP contribution in [0.5, 0.6) is 5.75 Å². The second kappa shape index (κ2) is 7.58. The molecule has 1 amide bonds. The molecular formula is C19H21NO3. The summed E-state index contributed by atoms with van der Waals surface area (Å²) >= 11 is 0. The van der Waals surface area contributed by atoms with Gasteiger partial charge < -0.3 is 10.1 Å². The van der Waals surface area contributed by atoms with Crippen molar-refractivity contribution in [2.24, 2.45) is 0 Å². The number of rotatable bonds is 6. The Kier molecular flexibility index (Phi) is 5.52. The van der Waals surface area contributed by atoms with Crippen molar-refractivity contribution >= 4 is 17.4 Å². The van der Waals surface area contributed by atoms with Crippen LogP contribution >= 0.6 is 0 Å². The first kappa shape index (κ1) is 16.7. The molecular weight excluding hydrogens is 290 g/mol. The van der Waals surface area contributed by atoms with Gasteiger partial charge in [0, 0.05) is 18.5 Å². The topological polar surface area (TPSA) is 55.4 Å². The number of benzene rings is 2. The standard InChI is InChI=1S/C19H21NO3/c1-13-5-4-6-15(11-13)20-19(22)10-8-17(21)16-12-14(2)7-9-18(16)23-3/h4-7,9,11-12H,8,10H2,1-3H3,(H,20,22). The maximum absolute atomic E-state index is 12.3. The fourth-order valence-corrected chi connectivity index (χ4v) is 2.35. The molecule has 1 N–H and O–H groups in total. The Bertz CT molecular complexity index is 722. The molecule has 0 radical (unpaired) electrons. The number of methoxy groups -OCH3 is 1. The first-order chi connectivity index (χ1) is 11.0. The molecule has 4 nitrogen and oxygen atoms in total. The van der Waals surface area contributed by atoms with E-state index < -0.39 is 0 Å². The number of carbonyl (C=O) groups is 2. The van der Waals surface area contributed by atoms with Gasteiger partial charge in [0.1, 0.15) is 5.75 Å². The van der Waals surface area contributed by atoms with Gasteiger partial charge >= 0.3 is 0 Å². The molecule has 0 atom stereocenters. The zero-order valence-electron chi connectivity index (χ0n) is 13.7. The quantitative estimate of drug-likeness (QED) is 0.823. The van der Waals surface area contributed by atoms with Crippen molar-refractivity contribution in [3.8, 4) is 5.75 Å². The number of aryl methyl sites for hydroxylation is 2. The molecule has 0 saturated heterocycles. The number of amides is 1. The van der Waals surface area contributed by atoms with Crippen LogP contribution in [0, 0.1) is 13.8 Å². The highest BCUT2D eigenvalue weighted by Crippen LogP contribution is 2.22. The SMILES string of the molecule is COc1ccc(C)cc1C(=O)CCC(=O)Nc1cccc(C)c1. The molecule has 120 valence electrons. The van der Waals surface area contributed by atoms with E-state index in [0.29, 0.717) is 11.3 Å². The van der Waals surface area contributed by atoms with Crippen LogP contribution in [0.2, 0.25) is 0 Å². The van der Waals surface area contributed by atoms with Gasteiger partial charge in [-0.25, -0.2) is 0 Å². The van der Waals surface area contributed by atoms with E-state index in [2.05, 4.69) is 5.32 Å². The fraction of sp³-hybridized carbons (Fsp3) is 0.263. The van der Waals surface area contributed by atoms with Crippen LogP contribution in [-0.4, -0.2) is 18.8 Å². The van der Waals surface area contributed by atoms with E-state index in [9.17, 15) is 9.59 Å². The molecule has 0 heterocycles. The van der Waals surface area contributed by atoms with E-state index in [0.717, 1.165) is 16.8 Å². The summed E-state index contributed by atoms with van der Waals surface area (Å²) < 4.78 is 5.22. The van der Waals surface area contributed by atoms with Gasteiger partial charge in [0.15, 0.2) is 5.78 Å². The number of anilines is 1. The number of hydrogen-bond acceptors (Lipinski definition) is 3. The normalized spacial score (nSPS) is 10.2. The molecule has 0 bridgehead atoms. The molecule has 0 aliphatic carbocycles. The minimum atomic E-state index is -0.171. The Balaban J connectivity index is 1.96. The monoisotopic (exact) mass is 311 g/mol. The number of hydrogen-bond donors (Lipinski definition) is 1. The highest BCUT2D eigenvalue weighted by atomic mass is 16.5. The van der Waals surface area contributed by atoms with Crippen LogP contribution in [0.15, 0.2) is 42.5 Å². The molecule has 0 aromatic heterocycles. The smallest absolute Gasteiger partial charge is 0.224 e. The van der Waals surface area contributed by atoms with Crippen molar-refractivity contribution < 1.29 is 14.3 Å². The second-order valence-corrected chi connectivity index (χ2v) is 5.54. The molecule has 4 heteroatoms. The number of Topliss-reactive ketones (excluding diaryl/α,β-unsaturated/α-hetero) is 1. The Hall–Kier alpha value is -2.62. The van der Waals surface area contributed by atoms with Crippen molar-refractivity contribution in [3.63, 3.8) is 0 Å². The van der Waals surface area contributed by atoms with Crippen molar-refractivity contribution in [2.75, 3.05) is 12.4 Å². The number of nitrogens with one attached hydrogen (secondary N) is 1. The molecule has 0 fully saturated rings. The third-order valence-corrected chi connectivity index (χ3v) is 3.54. The van der Waals surface area contributed by atoms with E-state index in [4.69, 9.17) is 4.74 Å². The van der Waals surface area contributed by atoms with Gasteiger partial charge in [-0.3, -0.25) is 9.59 Å². The van der Waals surface area contributed by atoms with Gasteiger partial charge in [-0.15, -0.1) is 0 Å². The molecule has 23 heavy (non-hydrogen) atoms. The summed E-state index contributed by atoms with van der Waals surface area (Å²) in [6.45, 7) is 3.88. The second-order valence-electron chi connectivity index (χ2n) is 5.54. The molecule has 0 aliphatic heterocycles. The van der Waals surface area contributed by atoms with Gasteiger partial charge in [0.25, 0.3) is 0 Å². The number of ether oxygens (including phenoxy) is 1. The maximum atomic E-state index is 12.3. The van der Waals surface area contributed by atoms with Gasteiger partial charge in [-0.2, -0.15) is 0 Å². The lowest BCUT2D eigenvalue weighted by Gasteiger charge is -2.09. The van der Waals surface area contributed by atoms with Crippen LogP contribution in [0.25, 0.3) is 0 Å². The molecule has 0 spiro atoms. The first-order valence-electron chi connectivity index (χ1n) is 7.54. The van der Waals surface area contributed by atoms with Crippen LogP contribution in [-0.2, 0) is 4.79 Å². The third kappa shape index (κ3) is 4.68. The van der Waals surface area contributed by atoms with Gasteiger partial charge in [-0.1, -0.05) is 23.8 Å². The first-order valence-corrected chi connectivity index (χ1v) is 7.54. The maximum Gasteiger partial charge on any atom is 0.224 e. The zero-order valence-corrected chi connectivity index (χ0v) is 13.7. The lowest BCUT2D eigenvalue weighted by Crippen LogP contribution is -2.14. The minimum Gasteiger partial charge on any atom is -0.496 e. The lowest BCUT2D eigenvalue weighted by molar-refractivity contribution is -0.116. The summed E-state index contributed by atoms with van der Waals surface area (Å²) in [4.78, 5) is 24.3. The summed E-state index contributed by atoms with van der Waals surface area (Å²) in [5.74, 6) is 0.278. The third-order valence-electron chi connectivity index (χ3n) is 3.54. The predicted octanol–water partition coefficient (Wildman–Crippen LogP) is 3.91. The molecule has 0 unspecified atom stereocenters. The van der Waals surface area contributed by atoms with Gasteiger partial charge in [-0.05, 0) is 43.7 Å². The highest BCUT2D eigenvalue weighted by molar-refractivity contribution is 6.01. The number of ketones is 1. The Labute approximate surface area is 136 Å². The summed E-state index contributed by atoms with van der Waals surface area (Å²) in [7, 11) is 1.53. The Morgan fingerprint density at radius 1 is 1.00 bits per heavy atom. The zero-order chi connectivity index (χ0) is 16.8. The Morgan fingerprint density at radius 2 is 1.74 bits per heavy atom. The molecule has 0 aliphatic rings. The van der Waals surface area contributed by atoms with E-state index >= 15 is 0 Å². The Morgan fingerprint density at radius 3 is 2.43 bits per heavy atom. The molecule has 0 saturated carbocycles. The average Bonchev–Trinajstić information content (AvgIpc) is 2.52. The predicted molar refractivity (Wildman–Crippen MR) is 91.1 cm³/mol. The summed E-state index contributed by atoms with van der Waals surface area (Å²) in [5, 5.41) is 2.81. The molecule has 2 rings (SSSR count). The highest BCUT2D eigenvalue weighted by Gasteiger charge is 2.14. The summed E-state index contributed by atoms with van der Waals surface area (Å²) in [6.07, 6.45) is 0.293. The van der Waals surface area contributed by atoms with E-state index in [-0.39, 0.29) is 24.5 Å². The molecule has 2 aromatic rings. The minimum absolute atomic E-state index is 0.0926. The van der Waals surface area contributed by atoms with E-state index in [1.165, 1.54) is 7.11 Å². The summed E-state index contributed by atoms with van der Waals surface area (Å²) in [5.41, 5.74) is 3.33.